The fourth-order valence-electron chi connectivity index (χ4n) is 3.03. The van der Waals surface area contributed by atoms with Crippen LogP contribution >= 0.6 is 22.7 Å². The molecule has 2 aromatic heterocycles. The first-order chi connectivity index (χ1) is 13.1. The molecule has 6 nitrogen and oxygen atoms in total. The zero-order valence-corrected chi connectivity index (χ0v) is 16.6. The van der Waals surface area contributed by atoms with Crippen molar-refractivity contribution in [3.05, 3.63) is 57.2 Å². The van der Waals surface area contributed by atoms with Crippen molar-refractivity contribution in [3.8, 4) is 16.3 Å². The molecule has 2 atom stereocenters. The number of hydrogen-bond donors (Lipinski definition) is 3. The molecule has 1 saturated heterocycles. The van der Waals surface area contributed by atoms with Crippen LogP contribution in [-0.4, -0.2) is 24.2 Å². The standard InChI is InChI=1S/C19H20N4O2S2/c1-11-7-8-16(27-11)13-9-17(23-22-13)21-18(24)14-10-26-19(20-14)12-5-3-4-6-15(12)25-2/h3-8,10,13,17,22-23H,9H2,1-2H3,(H,21,24). The van der Waals surface area contributed by atoms with Crippen molar-refractivity contribution in [1.29, 1.82) is 0 Å². The highest BCUT2D eigenvalue weighted by Gasteiger charge is 2.28. The second-order valence-electron chi connectivity index (χ2n) is 6.29. The van der Waals surface area contributed by atoms with E-state index in [-0.39, 0.29) is 18.1 Å². The van der Waals surface area contributed by atoms with E-state index in [2.05, 4.69) is 40.2 Å². The molecule has 4 rings (SSSR count). The third-order valence-electron chi connectivity index (χ3n) is 4.39. The molecule has 0 bridgehead atoms. The fraction of sp³-hybridized carbons (Fsp3) is 0.263. The van der Waals surface area contributed by atoms with Crippen molar-refractivity contribution in [2.75, 3.05) is 7.11 Å². The lowest BCUT2D eigenvalue weighted by Gasteiger charge is -2.10. The normalized spacial score (nSPS) is 19.2. The number of thiazole rings is 1. The molecular weight excluding hydrogens is 380 g/mol. The number of aryl methyl sites for hydroxylation is 1. The number of nitrogens with one attached hydrogen (secondary N) is 3. The summed E-state index contributed by atoms with van der Waals surface area (Å²) in [4.78, 5) is 19.6. The minimum Gasteiger partial charge on any atom is -0.496 e. The molecule has 0 radical (unpaired) electrons. The van der Waals surface area contributed by atoms with Crippen molar-refractivity contribution in [2.45, 2.75) is 25.6 Å². The maximum Gasteiger partial charge on any atom is 0.272 e. The molecule has 1 aromatic carbocycles. The molecular formula is C19H20N4O2S2. The van der Waals surface area contributed by atoms with Gasteiger partial charge in [0.1, 0.15) is 16.5 Å². The Morgan fingerprint density at radius 3 is 2.89 bits per heavy atom. The smallest absolute Gasteiger partial charge is 0.272 e. The molecule has 3 heterocycles. The molecule has 3 N–H and O–H groups in total. The van der Waals surface area contributed by atoms with Crippen LogP contribution in [0.1, 0.15) is 32.7 Å². The van der Waals surface area contributed by atoms with Crippen LogP contribution in [0.3, 0.4) is 0 Å². The van der Waals surface area contributed by atoms with Gasteiger partial charge in [-0.15, -0.1) is 22.7 Å². The Morgan fingerprint density at radius 2 is 2.11 bits per heavy atom. The number of carbonyl (C=O) groups excluding carboxylic acids is 1. The number of hydrogen-bond acceptors (Lipinski definition) is 7. The number of para-hydroxylation sites is 1. The first-order valence-corrected chi connectivity index (χ1v) is 10.3. The van der Waals surface area contributed by atoms with Crippen LogP contribution in [0.25, 0.3) is 10.6 Å². The van der Waals surface area contributed by atoms with Gasteiger partial charge in [0.05, 0.1) is 24.9 Å². The molecule has 1 aliphatic heterocycles. The average Bonchev–Trinajstić information content (AvgIpc) is 3.42. The molecule has 0 spiro atoms. The van der Waals surface area contributed by atoms with Crippen molar-refractivity contribution < 1.29 is 9.53 Å². The first-order valence-electron chi connectivity index (χ1n) is 8.61. The Hall–Kier alpha value is -2.26. The van der Waals surface area contributed by atoms with Gasteiger partial charge in [-0.25, -0.2) is 15.8 Å². The quantitative estimate of drug-likeness (QED) is 0.611. The van der Waals surface area contributed by atoms with Crippen molar-refractivity contribution >= 4 is 28.6 Å². The van der Waals surface area contributed by atoms with E-state index in [1.165, 1.54) is 21.1 Å². The molecule has 0 saturated carbocycles. The topological polar surface area (TPSA) is 75.3 Å². The SMILES string of the molecule is COc1ccccc1-c1nc(C(=O)NC2CC(c3ccc(C)s3)NN2)cs1. The third-order valence-corrected chi connectivity index (χ3v) is 6.38. The summed E-state index contributed by atoms with van der Waals surface area (Å²) < 4.78 is 5.38. The molecule has 27 heavy (non-hydrogen) atoms. The van der Waals surface area contributed by atoms with Crippen molar-refractivity contribution in [2.24, 2.45) is 0 Å². The lowest BCUT2D eigenvalue weighted by atomic mass is 10.1. The Bertz CT molecular complexity index is 953. The van der Waals surface area contributed by atoms with Gasteiger partial charge < -0.3 is 10.1 Å². The van der Waals surface area contributed by atoms with Gasteiger partial charge >= 0.3 is 0 Å². The van der Waals surface area contributed by atoms with Crippen molar-refractivity contribution in [1.82, 2.24) is 21.2 Å². The monoisotopic (exact) mass is 400 g/mol. The molecule has 140 valence electrons. The number of benzene rings is 1. The highest BCUT2D eigenvalue weighted by Crippen LogP contribution is 2.32. The van der Waals surface area contributed by atoms with E-state index >= 15 is 0 Å². The summed E-state index contributed by atoms with van der Waals surface area (Å²) in [7, 11) is 1.63. The van der Waals surface area contributed by atoms with E-state index in [0.717, 1.165) is 22.7 Å². The van der Waals surface area contributed by atoms with Crippen LogP contribution in [0.5, 0.6) is 5.75 Å². The van der Waals surface area contributed by atoms with E-state index in [0.29, 0.717) is 5.69 Å². The largest absolute Gasteiger partial charge is 0.496 e. The number of amides is 1. The summed E-state index contributed by atoms with van der Waals surface area (Å²) in [5.41, 5.74) is 7.70. The van der Waals surface area contributed by atoms with Crippen LogP contribution in [0.4, 0.5) is 0 Å². The highest BCUT2D eigenvalue weighted by atomic mass is 32.1. The van der Waals surface area contributed by atoms with Gasteiger partial charge in [-0.1, -0.05) is 12.1 Å². The average molecular weight is 401 g/mol. The van der Waals surface area contributed by atoms with Crippen LogP contribution in [0, 0.1) is 6.92 Å². The van der Waals surface area contributed by atoms with Crippen LogP contribution < -0.4 is 20.9 Å². The van der Waals surface area contributed by atoms with Crippen LogP contribution in [0.2, 0.25) is 0 Å². The van der Waals surface area contributed by atoms with E-state index in [1.54, 1.807) is 23.8 Å². The van der Waals surface area contributed by atoms with Gasteiger partial charge in [-0.05, 0) is 31.2 Å². The number of ether oxygens (including phenoxy) is 1. The summed E-state index contributed by atoms with van der Waals surface area (Å²) in [5.74, 6) is 0.559. The number of rotatable bonds is 5. The van der Waals surface area contributed by atoms with Gasteiger partial charge in [-0.2, -0.15) is 0 Å². The molecule has 2 unspecified atom stereocenters. The van der Waals surface area contributed by atoms with Crippen LogP contribution in [0.15, 0.2) is 41.8 Å². The zero-order chi connectivity index (χ0) is 18.8. The molecule has 0 aliphatic carbocycles. The number of nitrogens with zero attached hydrogens (tertiary/aromatic N) is 1. The van der Waals surface area contributed by atoms with Gasteiger partial charge in [0.25, 0.3) is 5.91 Å². The fourth-order valence-corrected chi connectivity index (χ4v) is 4.80. The summed E-state index contributed by atoms with van der Waals surface area (Å²) in [6, 6.07) is 12.1. The predicted molar refractivity (Wildman–Crippen MR) is 108 cm³/mol. The van der Waals surface area contributed by atoms with Gasteiger partial charge in [0, 0.05) is 21.6 Å². The maximum atomic E-state index is 12.6. The Morgan fingerprint density at radius 1 is 1.26 bits per heavy atom. The predicted octanol–water partition coefficient (Wildman–Crippen LogP) is 3.48. The number of carbonyl (C=O) groups is 1. The highest BCUT2D eigenvalue weighted by molar-refractivity contribution is 7.13. The van der Waals surface area contributed by atoms with E-state index in [1.807, 2.05) is 24.3 Å². The van der Waals surface area contributed by atoms with E-state index < -0.39 is 0 Å². The Labute approximate surface area is 165 Å². The van der Waals surface area contributed by atoms with E-state index in [9.17, 15) is 4.79 Å². The second kappa shape index (κ2) is 7.77. The Kier molecular flexibility index (Phi) is 5.22. The molecule has 8 heteroatoms. The number of thiophene rings is 1. The minimum absolute atomic E-state index is 0.138. The molecule has 1 amide bonds. The summed E-state index contributed by atoms with van der Waals surface area (Å²) in [6.45, 7) is 2.09. The molecule has 3 aromatic rings. The van der Waals surface area contributed by atoms with Gasteiger partial charge in [0.15, 0.2) is 0 Å². The molecule has 1 fully saturated rings. The van der Waals surface area contributed by atoms with Crippen molar-refractivity contribution in [3.63, 3.8) is 0 Å². The molecule has 1 aliphatic rings. The number of aromatic nitrogens is 1. The number of hydrazine groups is 1. The van der Waals surface area contributed by atoms with Gasteiger partial charge in [-0.3, -0.25) is 4.79 Å². The zero-order valence-electron chi connectivity index (χ0n) is 15.0. The first kappa shape index (κ1) is 18.1. The lowest BCUT2D eigenvalue weighted by molar-refractivity contribution is 0.0928. The van der Waals surface area contributed by atoms with Gasteiger partial charge in [0.2, 0.25) is 0 Å². The minimum atomic E-state index is -0.185. The summed E-state index contributed by atoms with van der Waals surface area (Å²) in [5, 5.41) is 5.54. The number of methoxy groups -OCH3 is 1. The third kappa shape index (κ3) is 3.89. The summed E-state index contributed by atoms with van der Waals surface area (Å²) in [6.07, 6.45) is 0.649. The second-order valence-corrected chi connectivity index (χ2v) is 8.47. The Balaban J connectivity index is 1.42. The maximum absolute atomic E-state index is 12.6. The van der Waals surface area contributed by atoms with E-state index in [4.69, 9.17) is 4.74 Å². The summed E-state index contributed by atoms with van der Waals surface area (Å²) >= 11 is 3.20. The van der Waals surface area contributed by atoms with Crippen LogP contribution in [-0.2, 0) is 0 Å². The lowest BCUT2D eigenvalue weighted by Crippen LogP contribution is -2.44.